The van der Waals surface area contributed by atoms with Gasteiger partial charge >= 0.3 is 0 Å². The number of carbonyl (C=O) groups is 2. The maximum atomic E-state index is 13.0. The molecule has 2 rings (SSSR count). The number of rotatable bonds is 1. The lowest BCUT2D eigenvalue weighted by atomic mass is 9.62. The van der Waals surface area contributed by atoms with E-state index in [1.54, 1.807) is 0 Å². The molecule has 1 unspecified atom stereocenters. The van der Waals surface area contributed by atoms with E-state index in [1.807, 2.05) is 17.5 Å². The van der Waals surface area contributed by atoms with Crippen LogP contribution in [0.25, 0.3) is 0 Å². The summed E-state index contributed by atoms with van der Waals surface area (Å²) in [5, 5.41) is 20.4. The molecule has 1 heterocycles. The Kier molecular flexibility index (Phi) is 3.25. The largest absolute Gasteiger partial charge is 0.294 e. The summed E-state index contributed by atoms with van der Waals surface area (Å²) in [5.74, 6) is -4.36. The molecular formula is C14H10FN3O2. The Hall–Kier alpha value is -2.73. The van der Waals surface area contributed by atoms with Gasteiger partial charge in [0.2, 0.25) is 11.8 Å². The number of imide groups is 1. The van der Waals surface area contributed by atoms with Crippen LogP contribution in [0.1, 0.15) is 12.5 Å². The fraction of sp³-hybridized carbons (Fsp3) is 0.286. The number of hydrogen-bond donors (Lipinski definition) is 1. The van der Waals surface area contributed by atoms with Gasteiger partial charge in [-0.3, -0.25) is 14.9 Å². The summed E-state index contributed by atoms with van der Waals surface area (Å²) in [5.41, 5.74) is -0.906. The van der Waals surface area contributed by atoms with Crippen LogP contribution in [0, 0.1) is 40.3 Å². The molecule has 1 aromatic carbocycles. The third kappa shape index (κ3) is 1.83. The first kappa shape index (κ1) is 13.7. The number of carbonyl (C=O) groups excluding carboxylic acids is 2. The van der Waals surface area contributed by atoms with Gasteiger partial charge in [-0.25, -0.2) is 4.39 Å². The Bertz CT molecular complexity index is 622. The molecule has 1 aromatic rings. The molecular weight excluding hydrogens is 261 g/mol. The highest BCUT2D eigenvalue weighted by molar-refractivity contribution is 6.04. The molecule has 0 spiro atoms. The van der Waals surface area contributed by atoms with Gasteiger partial charge in [-0.1, -0.05) is 19.1 Å². The maximum Gasteiger partial charge on any atom is 0.244 e. The van der Waals surface area contributed by atoms with Gasteiger partial charge in [0.15, 0.2) is 0 Å². The number of nitrogens with one attached hydrogen (secondary N) is 1. The van der Waals surface area contributed by atoms with Crippen molar-refractivity contribution in [3.8, 4) is 12.1 Å². The van der Waals surface area contributed by atoms with Gasteiger partial charge in [0.05, 0.1) is 12.1 Å². The number of amides is 2. The number of benzene rings is 1. The molecule has 1 aliphatic heterocycles. The molecule has 0 aromatic heterocycles. The van der Waals surface area contributed by atoms with E-state index in [0.29, 0.717) is 5.56 Å². The van der Waals surface area contributed by atoms with Crippen molar-refractivity contribution in [2.75, 3.05) is 0 Å². The molecule has 2 amide bonds. The third-order valence-corrected chi connectivity index (χ3v) is 3.69. The van der Waals surface area contributed by atoms with E-state index in [2.05, 4.69) is 0 Å². The molecule has 0 bridgehead atoms. The molecule has 20 heavy (non-hydrogen) atoms. The third-order valence-electron chi connectivity index (χ3n) is 3.69. The van der Waals surface area contributed by atoms with Crippen LogP contribution in [0.4, 0.5) is 4.39 Å². The summed E-state index contributed by atoms with van der Waals surface area (Å²) in [6.45, 7) is 1.50. The lowest BCUT2D eigenvalue weighted by molar-refractivity contribution is -0.140. The van der Waals surface area contributed by atoms with Crippen LogP contribution < -0.4 is 5.32 Å². The Labute approximate surface area is 114 Å². The summed E-state index contributed by atoms with van der Waals surface area (Å²) in [6, 6.07) is 8.77. The molecule has 0 saturated carbocycles. The van der Waals surface area contributed by atoms with Crippen LogP contribution >= 0.6 is 0 Å². The second-order valence-electron chi connectivity index (χ2n) is 4.77. The van der Waals surface area contributed by atoms with Crippen molar-refractivity contribution in [2.45, 2.75) is 12.3 Å². The summed E-state index contributed by atoms with van der Waals surface area (Å²) in [7, 11) is 0. The van der Waals surface area contributed by atoms with Crippen molar-refractivity contribution < 1.29 is 14.0 Å². The molecule has 5 nitrogen and oxygen atoms in total. The molecule has 1 aliphatic rings. The molecule has 100 valence electrons. The van der Waals surface area contributed by atoms with Crippen molar-refractivity contribution in [2.24, 2.45) is 11.8 Å². The van der Waals surface area contributed by atoms with E-state index < -0.39 is 34.9 Å². The Morgan fingerprint density at radius 3 is 1.95 bits per heavy atom. The molecule has 1 saturated heterocycles. The molecule has 3 atom stereocenters. The van der Waals surface area contributed by atoms with E-state index in [4.69, 9.17) is 0 Å². The number of nitriles is 2. The first-order valence-electron chi connectivity index (χ1n) is 5.85. The van der Waals surface area contributed by atoms with Gasteiger partial charge in [0.25, 0.3) is 0 Å². The van der Waals surface area contributed by atoms with E-state index in [1.165, 1.54) is 31.2 Å². The topological polar surface area (TPSA) is 93.8 Å². The highest BCUT2D eigenvalue weighted by Gasteiger charge is 2.54. The van der Waals surface area contributed by atoms with Crippen molar-refractivity contribution in [3.63, 3.8) is 0 Å². The molecule has 0 aliphatic carbocycles. The quantitative estimate of drug-likeness (QED) is 0.771. The first-order chi connectivity index (χ1) is 9.44. The normalized spacial score (nSPS) is 29.2. The average molecular weight is 271 g/mol. The fourth-order valence-corrected chi connectivity index (χ4v) is 2.50. The zero-order valence-electron chi connectivity index (χ0n) is 10.6. The summed E-state index contributed by atoms with van der Waals surface area (Å²) < 4.78 is 13.0. The Morgan fingerprint density at radius 2 is 1.55 bits per heavy atom. The lowest BCUT2D eigenvalue weighted by Crippen LogP contribution is -2.58. The van der Waals surface area contributed by atoms with E-state index in [9.17, 15) is 24.5 Å². The van der Waals surface area contributed by atoms with Crippen molar-refractivity contribution in [1.82, 2.24) is 5.32 Å². The molecule has 1 fully saturated rings. The minimum absolute atomic E-state index is 0.403. The van der Waals surface area contributed by atoms with Crippen LogP contribution in [0.15, 0.2) is 24.3 Å². The fourth-order valence-electron chi connectivity index (χ4n) is 2.50. The van der Waals surface area contributed by atoms with Gasteiger partial charge < -0.3 is 0 Å². The maximum absolute atomic E-state index is 13.0. The molecule has 1 N–H and O–H groups in total. The van der Waals surface area contributed by atoms with E-state index in [0.717, 1.165) is 0 Å². The highest BCUT2D eigenvalue weighted by atomic mass is 19.1. The Morgan fingerprint density at radius 1 is 1.10 bits per heavy atom. The second-order valence-corrected chi connectivity index (χ2v) is 4.77. The second kappa shape index (κ2) is 4.75. The predicted molar refractivity (Wildman–Crippen MR) is 65.1 cm³/mol. The number of nitrogens with zero attached hydrogens (tertiary/aromatic N) is 2. The first-order valence-corrected chi connectivity index (χ1v) is 5.85. The Balaban J connectivity index is 2.65. The number of piperidine rings is 1. The van der Waals surface area contributed by atoms with E-state index in [-0.39, 0.29) is 0 Å². The van der Waals surface area contributed by atoms with Gasteiger partial charge in [0.1, 0.15) is 17.7 Å². The predicted octanol–water partition coefficient (Wildman–Crippen LogP) is 1.02. The van der Waals surface area contributed by atoms with Crippen molar-refractivity contribution >= 4 is 11.8 Å². The van der Waals surface area contributed by atoms with Crippen LogP contribution in [0.3, 0.4) is 0 Å². The van der Waals surface area contributed by atoms with Gasteiger partial charge in [-0.15, -0.1) is 0 Å². The minimum Gasteiger partial charge on any atom is -0.294 e. The lowest BCUT2D eigenvalue weighted by Gasteiger charge is -2.39. The average Bonchev–Trinajstić information content (AvgIpc) is 2.39. The smallest absolute Gasteiger partial charge is 0.244 e. The zero-order chi connectivity index (χ0) is 14.9. The zero-order valence-corrected chi connectivity index (χ0v) is 10.6. The van der Waals surface area contributed by atoms with Crippen LogP contribution in [0.2, 0.25) is 0 Å². The van der Waals surface area contributed by atoms with Gasteiger partial charge in [-0.05, 0) is 17.7 Å². The monoisotopic (exact) mass is 271 g/mol. The van der Waals surface area contributed by atoms with E-state index >= 15 is 0 Å². The summed E-state index contributed by atoms with van der Waals surface area (Å²) in [6.07, 6.45) is 0. The number of halogens is 1. The van der Waals surface area contributed by atoms with Gasteiger partial charge in [0, 0.05) is 5.41 Å². The van der Waals surface area contributed by atoms with Crippen molar-refractivity contribution in [1.29, 1.82) is 10.5 Å². The SMILES string of the molecule is CC1(c2ccc(F)cc2)[C@H](C#N)C(=O)NC(=O)[C@@H]1C#N. The van der Waals surface area contributed by atoms with Crippen molar-refractivity contribution in [3.05, 3.63) is 35.6 Å². The van der Waals surface area contributed by atoms with Crippen LogP contribution in [-0.2, 0) is 15.0 Å². The number of hydrogen-bond acceptors (Lipinski definition) is 4. The summed E-state index contributed by atoms with van der Waals surface area (Å²) in [4.78, 5) is 23.6. The standard InChI is InChI=1S/C14H10FN3O2/c1-14(8-2-4-9(15)5-3-8)10(6-16)12(19)18-13(20)11(14)7-17/h2-5,10-11H,1H3,(H,18,19,20)/t10-,11+,14?. The molecule has 0 radical (unpaired) electrons. The van der Waals surface area contributed by atoms with Crippen LogP contribution in [-0.4, -0.2) is 11.8 Å². The molecule has 6 heteroatoms. The summed E-state index contributed by atoms with van der Waals surface area (Å²) >= 11 is 0. The van der Waals surface area contributed by atoms with Gasteiger partial charge in [-0.2, -0.15) is 10.5 Å². The van der Waals surface area contributed by atoms with Crippen LogP contribution in [0.5, 0.6) is 0 Å². The minimum atomic E-state index is -1.31. The highest BCUT2D eigenvalue weighted by Crippen LogP contribution is 2.41.